The summed E-state index contributed by atoms with van der Waals surface area (Å²) in [7, 11) is 3.04. The van der Waals surface area contributed by atoms with Gasteiger partial charge < -0.3 is 9.47 Å². The third kappa shape index (κ3) is 1.91. The van der Waals surface area contributed by atoms with Crippen LogP contribution in [0.2, 0.25) is 0 Å². The Kier molecular flexibility index (Phi) is 2.46. The van der Waals surface area contributed by atoms with Crippen LogP contribution in [0.15, 0.2) is 18.2 Å². The molecule has 0 aliphatic carbocycles. The largest absolute Gasteiger partial charge is 0.497 e. The van der Waals surface area contributed by atoms with Gasteiger partial charge in [0, 0.05) is 13.6 Å². The van der Waals surface area contributed by atoms with Crippen LogP contribution in [-0.4, -0.2) is 14.2 Å². The van der Waals surface area contributed by atoms with Crippen LogP contribution in [-0.2, 0) is 5.28 Å². The van der Waals surface area contributed by atoms with E-state index in [0.29, 0.717) is 17.1 Å². The highest BCUT2D eigenvalue weighted by atomic mass is 79.9. The van der Waals surface area contributed by atoms with Gasteiger partial charge in [-0.3, -0.25) is 0 Å². The molecule has 1 aromatic carbocycles. The van der Waals surface area contributed by atoms with Gasteiger partial charge in [0.2, 0.25) is 0 Å². The van der Waals surface area contributed by atoms with E-state index in [9.17, 15) is 0 Å². The quantitative estimate of drug-likeness (QED) is 0.747. The minimum atomic E-state index is -1.62. The average molecular weight is 233 g/mol. The average Bonchev–Trinajstić information content (AvgIpc) is 2.15. The summed E-state index contributed by atoms with van der Waals surface area (Å²) >= 11 is 2.94. The van der Waals surface area contributed by atoms with Crippen molar-refractivity contribution in [1.29, 1.82) is 0 Å². The molecule has 0 radical (unpaired) electrons. The molecule has 3 heteroatoms. The first-order chi connectivity index (χ1) is 6.49. The summed E-state index contributed by atoms with van der Waals surface area (Å²) in [5.74, 6) is 1.09. The molecule has 1 rings (SSSR count). The van der Waals surface area contributed by atoms with Gasteiger partial charge in [-0.1, -0.05) is 15.9 Å². The molecular formula is C9H11BrO2. The Morgan fingerprint density at radius 3 is 2.67 bits per heavy atom. The fourth-order valence-electron chi connectivity index (χ4n) is 0.888. The van der Waals surface area contributed by atoms with Gasteiger partial charge in [0.25, 0.3) is 0 Å². The lowest BCUT2D eigenvalue weighted by molar-refractivity contribution is 0.400. The maximum atomic E-state index is 7.54. The molecule has 0 N–H and O–H groups in total. The van der Waals surface area contributed by atoms with Gasteiger partial charge >= 0.3 is 0 Å². The zero-order chi connectivity index (χ0) is 10.8. The van der Waals surface area contributed by atoms with Crippen molar-refractivity contribution in [3.8, 4) is 11.5 Å². The molecule has 0 fully saturated rings. The Hall–Kier alpha value is -0.700. The molecule has 0 saturated carbocycles. The molecule has 12 heavy (non-hydrogen) atoms. The van der Waals surface area contributed by atoms with Gasteiger partial charge in [-0.05, 0) is 18.2 Å². The summed E-state index contributed by atoms with van der Waals surface area (Å²) in [6.07, 6.45) is 0. The standard InChI is InChI=1S/C9H11BrO2/c1-11-8-3-4-9(12-2)7(5-8)6-10/h3-5H,6H2,1-2H3/i6D2. The third-order valence-corrected chi connectivity index (χ3v) is 1.94. The minimum Gasteiger partial charge on any atom is -0.497 e. The molecule has 2 nitrogen and oxygen atoms in total. The van der Waals surface area contributed by atoms with Crippen LogP contribution in [0, 0.1) is 0 Å². The van der Waals surface area contributed by atoms with Crippen LogP contribution in [0.1, 0.15) is 8.30 Å². The number of rotatable bonds is 3. The van der Waals surface area contributed by atoms with Gasteiger partial charge in [0.05, 0.1) is 14.2 Å². The predicted molar refractivity (Wildman–Crippen MR) is 52.2 cm³/mol. The monoisotopic (exact) mass is 232 g/mol. The van der Waals surface area contributed by atoms with Crippen molar-refractivity contribution < 1.29 is 12.2 Å². The maximum absolute atomic E-state index is 7.54. The first-order valence-electron chi connectivity index (χ1n) is 4.40. The van der Waals surface area contributed by atoms with Crippen LogP contribution >= 0.6 is 15.9 Å². The van der Waals surface area contributed by atoms with E-state index in [-0.39, 0.29) is 0 Å². The molecule has 0 aromatic heterocycles. The van der Waals surface area contributed by atoms with E-state index >= 15 is 0 Å². The molecule has 0 saturated heterocycles. The van der Waals surface area contributed by atoms with E-state index in [2.05, 4.69) is 15.9 Å². The lowest BCUT2D eigenvalue weighted by atomic mass is 10.2. The number of alkyl halides is 1. The molecule has 0 aliphatic rings. The predicted octanol–water partition coefficient (Wildman–Crippen LogP) is 2.60. The van der Waals surface area contributed by atoms with Crippen molar-refractivity contribution in [3.63, 3.8) is 0 Å². The SMILES string of the molecule is [2H]C([2H])(Br)c1cc(OC)ccc1OC. The topological polar surface area (TPSA) is 18.5 Å². The second kappa shape index (κ2) is 4.36. The summed E-state index contributed by atoms with van der Waals surface area (Å²) in [5, 5.41) is -1.62. The first-order valence-corrected chi connectivity index (χ1v) is 4.19. The molecule has 1 aromatic rings. The van der Waals surface area contributed by atoms with Gasteiger partial charge in [-0.15, -0.1) is 0 Å². The summed E-state index contributed by atoms with van der Waals surface area (Å²) in [6.45, 7) is 0. The van der Waals surface area contributed by atoms with E-state index < -0.39 is 5.28 Å². The highest BCUT2D eigenvalue weighted by Gasteiger charge is 2.02. The van der Waals surface area contributed by atoms with Gasteiger partial charge in [0.15, 0.2) is 0 Å². The van der Waals surface area contributed by atoms with E-state index in [1.54, 1.807) is 18.2 Å². The van der Waals surface area contributed by atoms with Crippen molar-refractivity contribution >= 4 is 15.9 Å². The number of halogens is 1. The minimum absolute atomic E-state index is 0.416. The lowest BCUT2D eigenvalue weighted by Gasteiger charge is -2.07. The van der Waals surface area contributed by atoms with Crippen molar-refractivity contribution in [3.05, 3.63) is 23.8 Å². The van der Waals surface area contributed by atoms with Crippen LogP contribution in [0.3, 0.4) is 0 Å². The Bertz CT molecular complexity index is 323. The van der Waals surface area contributed by atoms with Crippen LogP contribution in [0.4, 0.5) is 0 Å². The molecule has 0 bridgehead atoms. The Balaban J connectivity index is 3.22. The van der Waals surface area contributed by atoms with Gasteiger partial charge in [0.1, 0.15) is 11.5 Å². The van der Waals surface area contributed by atoms with E-state index in [0.717, 1.165) is 0 Å². The van der Waals surface area contributed by atoms with E-state index in [1.165, 1.54) is 14.2 Å². The molecule has 0 aliphatic heterocycles. The van der Waals surface area contributed by atoms with Crippen molar-refractivity contribution in [2.45, 2.75) is 5.28 Å². The Labute approximate surface area is 83.4 Å². The zero-order valence-corrected chi connectivity index (χ0v) is 8.51. The lowest BCUT2D eigenvalue weighted by Crippen LogP contribution is -1.90. The summed E-state index contributed by atoms with van der Waals surface area (Å²) in [5.41, 5.74) is 0.416. The second-order valence-electron chi connectivity index (χ2n) is 2.16. The normalized spacial score (nSPS) is 13.2. The Morgan fingerprint density at radius 1 is 1.42 bits per heavy atom. The maximum Gasteiger partial charge on any atom is 0.123 e. The zero-order valence-electron chi connectivity index (χ0n) is 8.93. The van der Waals surface area contributed by atoms with E-state index in [4.69, 9.17) is 12.2 Å². The van der Waals surface area contributed by atoms with Crippen LogP contribution in [0.25, 0.3) is 0 Å². The Morgan fingerprint density at radius 2 is 2.17 bits per heavy atom. The summed E-state index contributed by atoms with van der Waals surface area (Å²) < 4.78 is 25.1. The van der Waals surface area contributed by atoms with Crippen molar-refractivity contribution in [2.75, 3.05) is 14.2 Å². The number of methoxy groups -OCH3 is 2. The highest BCUT2D eigenvalue weighted by molar-refractivity contribution is 9.08. The third-order valence-electron chi connectivity index (χ3n) is 1.51. The fourth-order valence-corrected chi connectivity index (χ4v) is 1.20. The molecule has 0 spiro atoms. The smallest absolute Gasteiger partial charge is 0.123 e. The molecule has 0 amide bonds. The van der Waals surface area contributed by atoms with Crippen LogP contribution < -0.4 is 9.47 Å². The number of hydrogen-bond acceptors (Lipinski definition) is 2. The van der Waals surface area contributed by atoms with Crippen molar-refractivity contribution in [1.82, 2.24) is 0 Å². The number of benzene rings is 1. The molecular weight excluding hydrogens is 220 g/mol. The number of ether oxygens (including phenoxy) is 2. The highest BCUT2D eigenvalue weighted by Crippen LogP contribution is 2.25. The molecule has 0 atom stereocenters. The molecule has 0 heterocycles. The first kappa shape index (κ1) is 6.78. The second-order valence-corrected chi connectivity index (χ2v) is 2.56. The molecule has 66 valence electrons. The summed E-state index contributed by atoms with van der Waals surface area (Å²) in [4.78, 5) is 0. The van der Waals surface area contributed by atoms with Crippen molar-refractivity contribution in [2.24, 2.45) is 0 Å². The molecule has 0 unspecified atom stereocenters. The number of hydrogen-bond donors (Lipinski definition) is 0. The van der Waals surface area contributed by atoms with Gasteiger partial charge in [-0.2, -0.15) is 0 Å². The van der Waals surface area contributed by atoms with Gasteiger partial charge in [-0.25, -0.2) is 0 Å². The fraction of sp³-hybridized carbons (Fsp3) is 0.333. The van der Waals surface area contributed by atoms with Crippen LogP contribution in [0.5, 0.6) is 11.5 Å². The van der Waals surface area contributed by atoms with E-state index in [1.807, 2.05) is 0 Å². The summed E-state index contributed by atoms with van der Waals surface area (Å²) in [6, 6.07) is 5.00.